The van der Waals surface area contributed by atoms with Crippen molar-refractivity contribution in [3.8, 4) is 0 Å². The maximum Gasteiger partial charge on any atom is 0.271 e. The summed E-state index contributed by atoms with van der Waals surface area (Å²) in [6.07, 6.45) is 0.964. The number of furan rings is 1. The van der Waals surface area contributed by atoms with Crippen molar-refractivity contribution in [3.05, 3.63) is 86.8 Å². The molecule has 1 aliphatic heterocycles. The van der Waals surface area contributed by atoms with Gasteiger partial charge in [0.25, 0.3) is 11.8 Å². The van der Waals surface area contributed by atoms with Crippen LogP contribution in [0.25, 0.3) is 0 Å². The summed E-state index contributed by atoms with van der Waals surface area (Å²) in [5.41, 5.74) is 1.52. The molecule has 266 valence electrons. The largest absolute Gasteiger partial charge is 0.466 e. The SMILES string of the molecule is Cc1nc2n(n1)CC(=O)N[C@@H](C(C)C)CN(C(=O)c1cc(C)oc1C)CC(=O)N[C@@H](CC(C)C)c1nc(cs1)C(=O)N[C@H]2Cc1ccccc1. The highest BCUT2D eigenvalue weighted by Gasteiger charge is 2.31. The van der Waals surface area contributed by atoms with Crippen molar-refractivity contribution in [1.82, 2.24) is 40.6 Å². The van der Waals surface area contributed by atoms with Crippen LogP contribution in [-0.4, -0.2) is 67.4 Å². The smallest absolute Gasteiger partial charge is 0.271 e. The molecule has 4 amide bonds. The molecular formula is C36H46N8O5S. The zero-order valence-corrected chi connectivity index (χ0v) is 30.5. The van der Waals surface area contributed by atoms with Crippen molar-refractivity contribution in [2.24, 2.45) is 11.8 Å². The number of rotatable bonds is 6. The maximum atomic E-state index is 14.0. The molecule has 14 heteroatoms. The molecule has 4 aromatic rings. The van der Waals surface area contributed by atoms with Gasteiger partial charge in [-0.15, -0.1) is 11.3 Å². The Balaban J connectivity index is 1.56. The summed E-state index contributed by atoms with van der Waals surface area (Å²) < 4.78 is 7.17. The molecule has 0 saturated heterocycles. The molecular weight excluding hydrogens is 657 g/mol. The summed E-state index contributed by atoms with van der Waals surface area (Å²) in [6, 6.07) is 9.72. The Hall–Kier alpha value is -4.85. The summed E-state index contributed by atoms with van der Waals surface area (Å²) in [6.45, 7) is 12.8. The summed E-state index contributed by atoms with van der Waals surface area (Å²) in [5, 5.41) is 16.0. The second-order valence-electron chi connectivity index (χ2n) is 13.6. The summed E-state index contributed by atoms with van der Waals surface area (Å²) >= 11 is 1.29. The molecule has 13 nitrogen and oxygen atoms in total. The van der Waals surface area contributed by atoms with Gasteiger partial charge in [-0.1, -0.05) is 58.0 Å². The van der Waals surface area contributed by atoms with Gasteiger partial charge in [0, 0.05) is 18.0 Å². The first kappa shape index (κ1) is 36.4. The first-order valence-corrected chi connectivity index (χ1v) is 17.8. The Kier molecular flexibility index (Phi) is 11.5. The van der Waals surface area contributed by atoms with Gasteiger partial charge in [0.1, 0.15) is 34.6 Å². The number of nitrogens with zero attached hydrogens (tertiary/aromatic N) is 5. The molecule has 50 heavy (non-hydrogen) atoms. The second-order valence-corrected chi connectivity index (χ2v) is 14.5. The molecule has 0 saturated carbocycles. The summed E-state index contributed by atoms with van der Waals surface area (Å²) in [4.78, 5) is 66.0. The monoisotopic (exact) mass is 702 g/mol. The zero-order valence-electron chi connectivity index (χ0n) is 29.6. The molecule has 3 aromatic heterocycles. The zero-order chi connectivity index (χ0) is 36.1. The van der Waals surface area contributed by atoms with Gasteiger partial charge in [-0.2, -0.15) is 5.10 Å². The third kappa shape index (κ3) is 9.03. The van der Waals surface area contributed by atoms with Crippen LogP contribution >= 0.6 is 11.3 Å². The van der Waals surface area contributed by atoms with Crippen LogP contribution in [0.2, 0.25) is 0 Å². The van der Waals surface area contributed by atoms with E-state index in [4.69, 9.17) is 4.42 Å². The van der Waals surface area contributed by atoms with Crippen LogP contribution in [0, 0.1) is 32.6 Å². The lowest BCUT2D eigenvalue weighted by Crippen LogP contribution is -2.51. The average Bonchev–Trinajstić information content (AvgIpc) is 3.77. The van der Waals surface area contributed by atoms with E-state index in [-0.39, 0.29) is 54.9 Å². The van der Waals surface area contributed by atoms with Gasteiger partial charge < -0.3 is 25.3 Å². The van der Waals surface area contributed by atoms with E-state index in [0.717, 1.165) is 5.56 Å². The van der Waals surface area contributed by atoms with Gasteiger partial charge in [-0.05, 0) is 57.1 Å². The fourth-order valence-corrected chi connectivity index (χ4v) is 6.94. The lowest BCUT2D eigenvalue weighted by molar-refractivity contribution is -0.123. The quantitative estimate of drug-likeness (QED) is 0.265. The predicted octanol–water partition coefficient (Wildman–Crippen LogP) is 4.47. The normalized spacial score (nSPS) is 19.4. The number of fused-ring (bicyclic) bond motifs is 3. The number of thiazole rings is 1. The van der Waals surface area contributed by atoms with Crippen LogP contribution in [0.3, 0.4) is 0 Å². The molecule has 2 bridgehead atoms. The minimum atomic E-state index is -0.634. The molecule has 0 spiro atoms. The van der Waals surface area contributed by atoms with E-state index in [9.17, 15) is 19.2 Å². The lowest BCUT2D eigenvalue weighted by Gasteiger charge is -2.31. The van der Waals surface area contributed by atoms with Gasteiger partial charge in [-0.3, -0.25) is 19.2 Å². The second kappa shape index (κ2) is 15.8. The van der Waals surface area contributed by atoms with Crippen molar-refractivity contribution in [3.63, 3.8) is 0 Å². The molecule has 0 radical (unpaired) electrons. The van der Waals surface area contributed by atoms with E-state index >= 15 is 0 Å². The van der Waals surface area contributed by atoms with Gasteiger partial charge in [0.15, 0.2) is 5.82 Å². The van der Waals surface area contributed by atoms with Gasteiger partial charge in [0.05, 0.1) is 24.2 Å². The number of hydrogen-bond acceptors (Lipinski definition) is 9. The van der Waals surface area contributed by atoms with Crippen LogP contribution < -0.4 is 16.0 Å². The molecule has 5 rings (SSSR count). The summed E-state index contributed by atoms with van der Waals surface area (Å²) in [5.74, 6) is 0.472. The van der Waals surface area contributed by atoms with Crippen LogP contribution in [0.5, 0.6) is 0 Å². The molecule has 1 aromatic carbocycles. The maximum absolute atomic E-state index is 14.0. The number of carbonyl (C=O) groups is 4. The van der Waals surface area contributed by atoms with Gasteiger partial charge in [-0.25, -0.2) is 14.6 Å². The number of amides is 4. The van der Waals surface area contributed by atoms with Crippen molar-refractivity contribution < 1.29 is 23.6 Å². The Morgan fingerprint density at radius 3 is 2.34 bits per heavy atom. The number of benzene rings is 1. The standard InChI is InChI=1S/C36H46N8O5S/c1-20(2)13-28-35-41-30(19-50-35)34(47)40-27(15-25-11-9-8-10-12-25)33-37-24(7)42-44(33)18-32(46)39-29(21(3)4)16-43(17-31(45)38-28)36(48)26-14-22(5)49-23(26)6/h8-12,14,19-21,27-29H,13,15-18H2,1-7H3,(H,38,45)(H,39,46)(H,40,47)/t27-,28-,29+/m0/s1. The fraction of sp³-hybridized carbons (Fsp3) is 0.472. The van der Waals surface area contributed by atoms with Crippen LogP contribution in [-0.2, 0) is 22.6 Å². The van der Waals surface area contributed by atoms with Gasteiger partial charge in [0.2, 0.25) is 11.8 Å². The summed E-state index contributed by atoms with van der Waals surface area (Å²) in [7, 11) is 0. The van der Waals surface area contributed by atoms with Crippen molar-refractivity contribution >= 4 is 35.0 Å². The first-order chi connectivity index (χ1) is 23.8. The van der Waals surface area contributed by atoms with E-state index in [1.54, 1.807) is 32.2 Å². The van der Waals surface area contributed by atoms with E-state index in [0.29, 0.717) is 46.6 Å². The Bertz CT molecular complexity index is 1830. The Morgan fingerprint density at radius 1 is 0.960 bits per heavy atom. The third-order valence-electron chi connectivity index (χ3n) is 8.56. The van der Waals surface area contributed by atoms with Crippen molar-refractivity contribution in [2.45, 2.75) is 86.0 Å². The molecule has 0 aliphatic carbocycles. The molecule has 0 unspecified atom stereocenters. The molecule has 3 N–H and O–H groups in total. The van der Waals surface area contributed by atoms with Gasteiger partial charge >= 0.3 is 0 Å². The number of carbonyl (C=O) groups excluding carboxylic acids is 4. The molecule has 0 fully saturated rings. The third-order valence-corrected chi connectivity index (χ3v) is 9.51. The number of aromatic nitrogens is 4. The van der Waals surface area contributed by atoms with E-state index in [2.05, 4.69) is 31.0 Å². The minimum Gasteiger partial charge on any atom is -0.466 e. The molecule has 4 heterocycles. The van der Waals surface area contributed by atoms with Crippen molar-refractivity contribution in [1.29, 1.82) is 0 Å². The topological polar surface area (TPSA) is 164 Å². The highest BCUT2D eigenvalue weighted by atomic mass is 32.1. The predicted molar refractivity (Wildman–Crippen MR) is 188 cm³/mol. The molecule has 1 aliphatic rings. The van der Waals surface area contributed by atoms with Crippen molar-refractivity contribution in [2.75, 3.05) is 13.1 Å². The highest BCUT2D eigenvalue weighted by molar-refractivity contribution is 7.09. The van der Waals surface area contributed by atoms with E-state index in [1.807, 2.05) is 58.0 Å². The minimum absolute atomic E-state index is 0.0749. The Labute approximate surface area is 296 Å². The fourth-order valence-electron chi connectivity index (χ4n) is 6.07. The van der Waals surface area contributed by atoms with Crippen LogP contribution in [0.4, 0.5) is 0 Å². The van der Waals surface area contributed by atoms with E-state index in [1.165, 1.54) is 20.9 Å². The molecule has 3 atom stereocenters. The lowest BCUT2D eigenvalue weighted by atomic mass is 10.0. The van der Waals surface area contributed by atoms with E-state index < -0.39 is 24.0 Å². The number of hydrogen-bond donors (Lipinski definition) is 3. The Morgan fingerprint density at radius 2 is 1.68 bits per heavy atom. The van der Waals surface area contributed by atoms with Crippen LogP contribution in [0.15, 0.2) is 46.2 Å². The first-order valence-electron chi connectivity index (χ1n) is 16.9. The number of aryl methyl sites for hydroxylation is 3. The van der Waals surface area contributed by atoms with Crippen LogP contribution in [0.1, 0.15) is 101 Å². The average molecular weight is 703 g/mol. The number of nitrogens with one attached hydrogen (secondary N) is 3. The highest BCUT2D eigenvalue weighted by Crippen LogP contribution is 2.26.